The molecule has 13 nitrogen and oxygen atoms in total. The van der Waals surface area contributed by atoms with Gasteiger partial charge in [0.05, 0.1) is 16.7 Å². The monoisotopic (exact) mass is 746 g/mol. The normalized spacial score (nSPS) is 17.1. The minimum absolute atomic E-state index is 0.155. The second-order valence-electron chi connectivity index (χ2n) is 14.7. The number of imide groups is 1. The topological polar surface area (TPSA) is 152 Å². The van der Waals surface area contributed by atoms with Crippen LogP contribution in [0.3, 0.4) is 0 Å². The van der Waals surface area contributed by atoms with Crippen LogP contribution in [-0.4, -0.2) is 104 Å². The first-order valence-corrected chi connectivity index (χ1v) is 19.2. The van der Waals surface area contributed by atoms with Crippen LogP contribution in [-0.2, 0) is 34.3 Å². The van der Waals surface area contributed by atoms with E-state index in [2.05, 4.69) is 44.3 Å². The van der Waals surface area contributed by atoms with Crippen molar-refractivity contribution in [3.63, 3.8) is 0 Å². The SMILES string of the molecule is CN1C(=O)CCC(n2c(=O)n(C)c3cc(CCCOCCCCN4CCN(Cc5ccc(-c6cc(-c7ccccc7O)nnc6N)cc5)CC4)ccc32)C1=O. The molecule has 2 fully saturated rings. The number of amides is 2. The quantitative estimate of drug-likeness (QED) is 0.122. The fourth-order valence-electron chi connectivity index (χ4n) is 7.70. The maximum Gasteiger partial charge on any atom is 0.329 e. The molecule has 1 atom stereocenters. The van der Waals surface area contributed by atoms with Crippen LogP contribution in [0.15, 0.2) is 77.6 Å². The fourth-order valence-corrected chi connectivity index (χ4v) is 7.70. The Hall–Kier alpha value is -5.37. The minimum atomic E-state index is -0.662. The van der Waals surface area contributed by atoms with Crippen molar-refractivity contribution in [1.82, 2.24) is 34.0 Å². The largest absolute Gasteiger partial charge is 0.507 e. The number of benzene rings is 3. The number of unbranched alkanes of at least 4 members (excludes halogenated alkanes) is 1. The Morgan fingerprint density at radius 2 is 1.53 bits per heavy atom. The highest BCUT2D eigenvalue weighted by molar-refractivity contribution is 5.99. The van der Waals surface area contributed by atoms with Crippen LogP contribution >= 0.6 is 0 Å². The average Bonchev–Trinajstić information content (AvgIpc) is 3.44. The van der Waals surface area contributed by atoms with Crippen molar-refractivity contribution in [2.24, 2.45) is 7.05 Å². The zero-order chi connectivity index (χ0) is 38.5. The Bertz CT molecular complexity index is 2210. The molecule has 0 aliphatic carbocycles. The van der Waals surface area contributed by atoms with E-state index in [9.17, 15) is 19.5 Å². The van der Waals surface area contributed by atoms with Gasteiger partial charge in [0, 0.05) is 77.6 Å². The number of ether oxygens (including phenoxy) is 1. The van der Waals surface area contributed by atoms with Gasteiger partial charge >= 0.3 is 5.69 Å². The number of piperazine rings is 1. The lowest BCUT2D eigenvalue weighted by atomic mass is 10.0. The van der Waals surface area contributed by atoms with Crippen molar-refractivity contribution < 1.29 is 19.4 Å². The molecule has 2 aliphatic heterocycles. The highest BCUT2D eigenvalue weighted by Crippen LogP contribution is 2.32. The van der Waals surface area contributed by atoms with Crippen LogP contribution in [0.4, 0.5) is 5.82 Å². The fraction of sp³-hybridized carbons (Fsp3) is 0.405. The Kier molecular flexibility index (Phi) is 11.7. The molecular weight excluding hydrogens is 697 g/mol. The number of likely N-dealkylation sites (tertiary alicyclic amines) is 1. The highest BCUT2D eigenvalue weighted by Gasteiger charge is 2.35. The van der Waals surface area contributed by atoms with Crippen molar-refractivity contribution in [2.45, 2.75) is 51.1 Å². The van der Waals surface area contributed by atoms with Gasteiger partial charge in [-0.25, -0.2) is 4.79 Å². The van der Waals surface area contributed by atoms with E-state index in [0.717, 1.165) is 98.7 Å². The summed E-state index contributed by atoms with van der Waals surface area (Å²) in [6.07, 6.45) is 4.44. The number of aromatic hydroxyl groups is 1. The maximum atomic E-state index is 13.1. The summed E-state index contributed by atoms with van der Waals surface area (Å²) in [5, 5.41) is 18.6. The van der Waals surface area contributed by atoms with Crippen molar-refractivity contribution in [2.75, 3.05) is 58.7 Å². The molecule has 2 aromatic heterocycles. The lowest BCUT2D eigenvalue weighted by Gasteiger charge is -2.34. The minimum Gasteiger partial charge on any atom is -0.507 e. The summed E-state index contributed by atoms with van der Waals surface area (Å²) in [4.78, 5) is 44.1. The summed E-state index contributed by atoms with van der Waals surface area (Å²) < 4.78 is 9.10. The molecule has 0 radical (unpaired) electrons. The number of phenols is 1. The van der Waals surface area contributed by atoms with E-state index in [-0.39, 0.29) is 29.7 Å². The predicted octanol–water partition coefficient (Wildman–Crippen LogP) is 4.62. The van der Waals surface area contributed by atoms with Gasteiger partial charge in [0.2, 0.25) is 5.91 Å². The number of hydrogen-bond acceptors (Lipinski definition) is 10. The van der Waals surface area contributed by atoms with Gasteiger partial charge in [-0.1, -0.05) is 42.5 Å². The van der Waals surface area contributed by atoms with Gasteiger partial charge in [-0.3, -0.25) is 28.5 Å². The van der Waals surface area contributed by atoms with Crippen LogP contribution in [0.2, 0.25) is 0 Å². The Morgan fingerprint density at radius 3 is 2.31 bits per heavy atom. The lowest BCUT2D eigenvalue weighted by molar-refractivity contribution is -0.149. The van der Waals surface area contributed by atoms with Gasteiger partial charge in [-0.05, 0) is 85.7 Å². The molecule has 2 amide bonds. The number of nitrogens with two attached hydrogens (primary N) is 1. The molecule has 4 heterocycles. The number of likely N-dealkylation sites (N-methyl/N-ethyl adjacent to an activating group) is 1. The van der Waals surface area contributed by atoms with Gasteiger partial charge in [-0.2, -0.15) is 0 Å². The number of aryl methyl sites for hydroxylation is 2. The van der Waals surface area contributed by atoms with Crippen LogP contribution in [0, 0.1) is 0 Å². The Balaban J connectivity index is 0.791. The molecule has 2 saturated heterocycles. The van der Waals surface area contributed by atoms with Crippen molar-refractivity contribution >= 4 is 28.7 Å². The number of fused-ring (bicyclic) bond motifs is 1. The zero-order valence-corrected chi connectivity index (χ0v) is 31.7. The summed E-state index contributed by atoms with van der Waals surface area (Å²) >= 11 is 0. The predicted molar refractivity (Wildman–Crippen MR) is 212 cm³/mol. The summed E-state index contributed by atoms with van der Waals surface area (Å²) in [6.45, 7) is 7.58. The number of nitrogen functional groups attached to an aromatic ring is 1. The summed E-state index contributed by atoms with van der Waals surface area (Å²) in [5.74, 6) is -0.0321. The molecule has 3 N–H and O–H groups in total. The standard InChI is InChI=1S/C42H50N8O5/c1-46-37-26-29(13-16-35(37)50(42(46)54)36-17-18-39(52)47(2)41(36)53)8-7-25-55-24-6-5-19-48-20-22-49(23-21-48)28-30-11-14-31(15-12-30)33-27-34(44-45-40(33)43)32-9-3-4-10-38(32)51/h3-4,9-16,26-27,36,51H,5-8,17-25,28H2,1-2H3,(H2,43,45). The molecular formula is C42H50N8O5. The highest BCUT2D eigenvalue weighted by atomic mass is 16.5. The number of phenolic OH excluding ortho intramolecular Hbond substituents is 1. The smallest absolute Gasteiger partial charge is 0.329 e. The van der Waals surface area contributed by atoms with Crippen molar-refractivity contribution in [3.05, 3.63) is 94.4 Å². The van der Waals surface area contributed by atoms with Gasteiger partial charge in [-0.15, -0.1) is 10.2 Å². The molecule has 5 aromatic rings. The van der Waals surface area contributed by atoms with Crippen LogP contribution in [0.5, 0.6) is 5.75 Å². The summed E-state index contributed by atoms with van der Waals surface area (Å²) in [7, 11) is 3.21. The summed E-state index contributed by atoms with van der Waals surface area (Å²) in [5.41, 5.74) is 12.8. The van der Waals surface area contributed by atoms with Crippen molar-refractivity contribution in [1.29, 1.82) is 0 Å². The lowest BCUT2D eigenvalue weighted by Crippen LogP contribution is -2.46. The van der Waals surface area contributed by atoms with Gasteiger partial charge in [0.1, 0.15) is 11.8 Å². The number of rotatable bonds is 14. The third-order valence-corrected chi connectivity index (χ3v) is 11.0. The second kappa shape index (κ2) is 17.0. The molecule has 1 unspecified atom stereocenters. The van der Waals surface area contributed by atoms with Crippen LogP contribution in [0.1, 0.15) is 49.3 Å². The van der Waals surface area contributed by atoms with E-state index in [1.54, 1.807) is 28.3 Å². The number of aromatic nitrogens is 4. The first kappa shape index (κ1) is 37.9. The molecule has 13 heteroatoms. The molecule has 3 aromatic carbocycles. The van der Waals surface area contributed by atoms with Crippen LogP contribution in [0.25, 0.3) is 33.4 Å². The number of anilines is 1. The van der Waals surface area contributed by atoms with E-state index in [1.165, 1.54) is 12.6 Å². The third kappa shape index (κ3) is 8.49. The maximum absolute atomic E-state index is 13.1. The number of carbonyl (C=O) groups is 2. The van der Waals surface area contributed by atoms with Gasteiger partial charge in [0.25, 0.3) is 5.91 Å². The van der Waals surface area contributed by atoms with E-state index in [4.69, 9.17) is 10.5 Å². The second-order valence-corrected chi connectivity index (χ2v) is 14.7. The van der Waals surface area contributed by atoms with Gasteiger partial charge < -0.3 is 20.5 Å². The van der Waals surface area contributed by atoms with E-state index < -0.39 is 6.04 Å². The molecule has 7 rings (SSSR count). The molecule has 55 heavy (non-hydrogen) atoms. The van der Waals surface area contributed by atoms with E-state index in [1.807, 2.05) is 36.4 Å². The molecule has 288 valence electrons. The van der Waals surface area contributed by atoms with E-state index in [0.29, 0.717) is 35.6 Å². The Labute approximate surface area is 320 Å². The third-order valence-electron chi connectivity index (χ3n) is 11.0. The number of imidazole rings is 1. The van der Waals surface area contributed by atoms with Crippen LogP contribution < -0.4 is 11.4 Å². The number of hydrogen-bond donors (Lipinski definition) is 2. The zero-order valence-electron chi connectivity index (χ0n) is 31.7. The number of para-hydroxylation sites is 1. The number of nitrogens with zero attached hydrogens (tertiary/aromatic N) is 7. The van der Waals surface area contributed by atoms with E-state index >= 15 is 0 Å². The summed E-state index contributed by atoms with van der Waals surface area (Å²) in [6, 6.07) is 22.7. The first-order valence-electron chi connectivity index (χ1n) is 19.2. The molecule has 2 aliphatic rings. The number of piperidine rings is 1. The Morgan fingerprint density at radius 1 is 0.800 bits per heavy atom. The molecule has 0 saturated carbocycles. The average molecular weight is 747 g/mol. The number of carbonyl (C=O) groups excluding carboxylic acids is 2. The first-order chi connectivity index (χ1) is 26.7. The molecule has 0 spiro atoms. The van der Waals surface area contributed by atoms with Gasteiger partial charge in [0.15, 0.2) is 5.82 Å². The molecule has 0 bridgehead atoms. The van der Waals surface area contributed by atoms with Crippen molar-refractivity contribution in [3.8, 4) is 28.1 Å².